The van der Waals surface area contributed by atoms with E-state index in [2.05, 4.69) is 37.3 Å². The SMILES string of the molecule is CCc1ccc2sc(Cc3cc([C@@H]4O[C@H](CO)[C@@H](O)[C@H](O)[C@H]4O)c4ccccc4c3)cc2c1. The van der Waals surface area contributed by atoms with Gasteiger partial charge in [-0.3, -0.25) is 0 Å². The Bertz CT molecular complexity index is 1280. The number of aryl methyl sites for hydroxylation is 1. The van der Waals surface area contributed by atoms with Gasteiger partial charge in [0.15, 0.2) is 0 Å². The fourth-order valence-electron chi connectivity index (χ4n) is 4.76. The zero-order chi connectivity index (χ0) is 23.1. The molecule has 1 aliphatic heterocycles. The first kappa shape index (κ1) is 22.5. The van der Waals surface area contributed by atoms with Crippen LogP contribution in [0.4, 0.5) is 0 Å². The van der Waals surface area contributed by atoms with Crippen molar-refractivity contribution in [1.82, 2.24) is 0 Å². The highest BCUT2D eigenvalue weighted by Gasteiger charge is 2.44. The molecule has 5 nitrogen and oxygen atoms in total. The lowest BCUT2D eigenvalue weighted by atomic mass is 9.87. The third-order valence-electron chi connectivity index (χ3n) is 6.57. The Morgan fingerprint density at radius 3 is 2.42 bits per heavy atom. The molecule has 0 bridgehead atoms. The van der Waals surface area contributed by atoms with Crippen LogP contribution in [0.2, 0.25) is 0 Å². The summed E-state index contributed by atoms with van der Waals surface area (Å²) in [6.07, 6.45) is -4.14. The second-order valence-electron chi connectivity index (χ2n) is 8.77. The van der Waals surface area contributed by atoms with Crippen LogP contribution in [0.5, 0.6) is 0 Å². The number of rotatable bonds is 5. The molecule has 1 aromatic heterocycles. The van der Waals surface area contributed by atoms with Gasteiger partial charge >= 0.3 is 0 Å². The summed E-state index contributed by atoms with van der Waals surface area (Å²) in [6, 6.07) is 20.9. The summed E-state index contributed by atoms with van der Waals surface area (Å²) in [5.74, 6) is 0. The largest absolute Gasteiger partial charge is 0.394 e. The Morgan fingerprint density at radius 2 is 1.64 bits per heavy atom. The van der Waals surface area contributed by atoms with Crippen molar-refractivity contribution < 1.29 is 25.2 Å². The van der Waals surface area contributed by atoms with Crippen molar-refractivity contribution in [3.8, 4) is 0 Å². The van der Waals surface area contributed by atoms with E-state index in [0.29, 0.717) is 0 Å². The van der Waals surface area contributed by atoms with Crippen molar-refractivity contribution in [2.75, 3.05) is 6.61 Å². The van der Waals surface area contributed by atoms with Crippen LogP contribution in [0, 0.1) is 0 Å². The highest BCUT2D eigenvalue weighted by molar-refractivity contribution is 7.19. The predicted molar refractivity (Wildman–Crippen MR) is 131 cm³/mol. The molecule has 4 aromatic rings. The second-order valence-corrected chi connectivity index (χ2v) is 9.94. The normalized spacial score (nSPS) is 25.7. The number of aliphatic hydroxyl groups is 4. The lowest BCUT2D eigenvalue weighted by Gasteiger charge is -2.40. The number of benzene rings is 3. The summed E-state index contributed by atoms with van der Waals surface area (Å²) < 4.78 is 7.16. The van der Waals surface area contributed by atoms with Gasteiger partial charge in [-0.25, -0.2) is 0 Å². The molecule has 0 spiro atoms. The first-order valence-electron chi connectivity index (χ1n) is 11.3. The molecule has 0 unspecified atom stereocenters. The third kappa shape index (κ3) is 4.19. The van der Waals surface area contributed by atoms with Gasteiger partial charge in [0.05, 0.1) is 6.61 Å². The molecular weight excluding hydrogens is 436 g/mol. The molecule has 1 fully saturated rings. The molecular formula is C27H28O5S. The average molecular weight is 465 g/mol. The minimum Gasteiger partial charge on any atom is -0.394 e. The van der Waals surface area contributed by atoms with Gasteiger partial charge < -0.3 is 25.2 Å². The summed E-state index contributed by atoms with van der Waals surface area (Å²) in [7, 11) is 0. The first-order chi connectivity index (χ1) is 16.0. The smallest absolute Gasteiger partial charge is 0.113 e. The Morgan fingerprint density at radius 1 is 0.848 bits per heavy atom. The van der Waals surface area contributed by atoms with E-state index >= 15 is 0 Å². The van der Waals surface area contributed by atoms with Crippen molar-refractivity contribution in [3.05, 3.63) is 82.2 Å². The van der Waals surface area contributed by atoms with Gasteiger partial charge in [-0.2, -0.15) is 0 Å². The molecule has 5 rings (SSSR count). The quantitative estimate of drug-likeness (QED) is 0.361. The Labute approximate surface area is 196 Å². The van der Waals surface area contributed by atoms with Crippen LogP contribution >= 0.6 is 11.3 Å². The summed E-state index contributed by atoms with van der Waals surface area (Å²) in [5, 5.41) is 44.1. The van der Waals surface area contributed by atoms with Gasteiger partial charge in [0.2, 0.25) is 0 Å². The molecule has 2 heterocycles. The Kier molecular flexibility index (Phi) is 6.22. The van der Waals surface area contributed by atoms with Crippen molar-refractivity contribution in [2.45, 2.75) is 50.3 Å². The molecule has 4 N–H and O–H groups in total. The van der Waals surface area contributed by atoms with Gasteiger partial charge in [0, 0.05) is 16.0 Å². The molecule has 0 aliphatic carbocycles. The van der Waals surface area contributed by atoms with Gasteiger partial charge in [0.1, 0.15) is 30.5 Å². The Balaban J connectivity index is 1.55. The number of thiophene rings is 1. The van der Waals surface area contributed by atoms with E-state index in [1.54, 1.807) is 11.3 Å². The molecule has 1 saturated heterocycles. The number of hydrogen-bond donors (Lipinski definition) is 4. The van der Waals surface area contributed by atoms with Gasteiger partial charge in [-0.15, -0.1) is 11.3 Å². The molecule has 33 heavy (non-hydrogen) atoms. The maximum atomic E-state index is 10.7. The molecule has 0 saturated carbocycles. The van der Waals surface area contributed by atoms with E-state index in [1.165, 1.54) is 20.5 Å². The summed E-state index contributed by atoms with van der Waals surface area (Å²) in [6.45, 7) is 1.71. The fourth-order valence-corrected chi connectivity index (χ4v) is 5.84. The van der Waals surface area contributed by atoms with E-state index in [4.69, 9.17) is 4.74 Å². The van der Waals surface area contributed by atoms with Gasteiger partial charge in [0.25, 0.3) is 0 Å². The third-order valence-corrected chi connectivity index (χ3v) is 7.69. The summed E-state index contributed by atoms with van der Waals surface area (Å²) in [4.78, 5) is 1.24. The highest BCUT2D eigenvalue weighted by atomic mass is 32.1. The number of hydrogen-bond acceptors (Lipinski definition) is 6. The van der Waals surface area contributed by atoms with Gasteiger partial charge in [-0.1, -0.05) is 55.5 Å². The van der Waals surface area contributed by atoms with Crippen LogP contribution in [0.25, 0.3) is 20.9 Å². The maximum absolute atomic E-state index is 10.7. The standard InChI is InChI=1S/C27H28O5S/c1-2-15-7-8-23-18(9-15)13-19(33-23)11-16-10-17-5-3-4-6-20(17)21(12-16)27-26(31)25(30)24(29)22(14-28)32-27/h3-10,12-13,22,24-31H,2,11,14H2,1H3/t22-,24-,25+,26-,27+/m1/s1. The number of fused-ring (bicyclic) bond motifs is 2. The summed E-state index contributed by atoms with van der Waals surface area (Å²) in [5.41, 5.74) is 3.14. The van der Waals surface area contributed by atoms with Crippen molar-refractivity contribution in [2.24, 2.45) is 0 Å². The Hall–Kier alpha value is -2.32. The fraction of sp³-hybridized carbons (Fsp3) is 0.333. The first-order valence-corrected chi connectivity index (χ1v) is 12.1. The summed E-state index contributed by atoms with van der Waals surface area (Å²) >= 11 is 1.78. The number of ether oxygens (including phenoxy) is 1. The molecule has 6 heteroatoms. The predicted octanol–water partition coefficient (Wildman–Crippen LogP) is 3.72. The van der Waals surface area contributed by atoms with Crippen molar-refractivity contribution in [1.29, 1.82) is 0 Å². The maximum Gasteiger partial charge on any atom is 0.113 e. The monoisotopic (exact) mass is 464 g/mol. The molecule has 172 valence electrons. The van der Waals surface area contributed by atoms with Crippen LogP contribution in [0.3, 0.4) is 0 Å². The molecule has 0 radical (unpaired) electrons. The molecule has 1 aliphatic rings. The highest BCUT2D eigenvalue weighted by Crippen LogP contribution is 2.37. The molecule has 0 amide bonds. The van der Waals surface area contributed by atoms with Crippen LogP contribution in [-0.4, -0.2) is 51.4 Å². The topological polar surface area (TPSA) is 90.2 Å². The lowest BCUT2D eigenvalue weighted by molar-refractivity contribution is -0.231. The zero-order valence-electron chi connectivity index (χ0n) is 18.4. The van der Waals surface area contributed by atoms with E-state index < -0.39 is 37.1 Å². The zero-order valence-corrected chi connectivity index (χ0v) is 19.2. The minimum absolute atomic E-state index is 0.444. The van der Waals surface area contributed by atoms with Crippen LogP contribution in [0.15, 0.2) is 60.7 Å². The number of aliphatic hydroxyl groups excluding tert-OH is 4. The molecule has 5 atom stereocenters. The van der Waals surface area contributed by atoms with E-state index in [1.807, 2.05) is 30.3 Å². The van der Waals surface area contributed by atoms with Gasteiger partial charge in [-0.05, 0) is 51.4 Å². The lowest BCUT2D eigenvalue weighted by Crippen LogP contribution is -2.55. The van der Waals surface area contributed by atoms with E-state index in [0.717, 1.165) is 34.7 Å². The van der Waals surface area contributed by atoms with E-state index in [-0.39, 0.29) is 0 Å². The molecule has 3 aromatic carbocycles. The second kappa shape index (κ2) is 9.14. The van der Waals surface area contributed by atoms with E-state index in [9.17, 15) is 20.4 Å². The van der Waals surface area contributed by atoms with Crippen LogP contribution < -0.4 is 0 Å². The minimum atomic E-state index is -1.40. The van der Waals surface area contributed by atoms with Crippen molar-refractivity contribution in [3.63, 3.8) is 0 Å². The van der Waals surface area contributed by atoms with Crippen LogP contribution in [0.1, 0.15) is 34.6 Å². The van der Waals surface area contributed by atoms with Crippen molar-refractivity contribution >= 4 is 32.2 Å². The van der Waals surface area contributed by atoms with Crippen LogP contribution in [-0.2, 0) is 17.6 Å². The average Bonchev–Trinajstić information content (AvgIpc) is 3.23.